The number of phenolic OH excluding ortho intramolecular Hbond substituents is 1. The van der Waals surface area contributed by atoms with Crippen LogP contribution in [0.4, 0.5) is 13.2 Å². The summed E-state index contributed by atoms with van der Waals surface area (Å²) < 4.78 is 42.7. The molecule has 1 atom stereocenters. The van der Waals surface area contributed by atoms with E-state index in [1.165, 1.54) is 6.07 Å². The highest BCUT2D eigenvalue weighted by Gasteiger charge is 2.34. The number of nitrogens with zero attached hydrogens (tertiary/aromatic N) is 2. The quantitative estimate of drug-likeness (QED) is 0.878. The molecule has 8 heteroatoms. The van der Waals surface area contributed by atoms with E-state index >= 15 is 0 Å². The van der Waals surface area contributed by atoms with Crippen LogP contribution in [0.1, 0.15) is 24.4 Å². The highest BCUT2D eigenvalue weighted by Crippen LogP contribution is 2.37. The number of aromatic nitrogens is 2. The minimum Gasteiger partial charge on any atom is -0.507 e. The number of benzene rings is 1. The van der Waals surface area contributed by atoms with Gasteiger partial charge in [-0.2, -0.15) is 18.2 Å². The number of rotatable bonds is 2. The van der Waals surface area contributed by atoms with Gasteiger partial charge in [0.05, 0.1) is 11.6 Å². The maximum absolute atomic E-state index is 12.6. The summed E-state index contributed by atoms with van der Waals surface area (Å²) in [5, 5.41) is 12.8. The van der Waals surface area contributed by atoms with Crippen molar-refractivity contribution in [2.75, 3.05) is 0 Å². The maximum atomic E-state index is 12.6. The molecule has 1 aromatic carbocycles. The van der Waals surface area contributed by atoms with Gasteiger partial charge >= 0.3 is 6.18 Å². The highest BCUT2D eigenvalue weighted by molar-refractivity contribution is 5.58. The van der Waals surface area contributed by atoms with Crippen LogP contribution in [0.25, 0.3) is 11.4 Å². The zero-order valence-corrected chi connectivity index (χ0v) is 9.77. The molecule has 1 heterocycles. The van der Waals surface area contributed by atoms with E-state index in [-0.39, 0.29) is 17.3 Å². The third kappa shape index (κ3) is 2.68. The molecule has 19 heavy (non-hydrogen) atoms. The normalized spacial score (nSPS) is 13.5. The standard InChI is InChI=1S/C11H10F3N3O2/c1-5(15)10-16-9(17-19-10)6-2-3-8(18)7(4-6)11(12,13)14/h2-5,18H,15H2,1H3/t5-/m0/s1. The van der Waals surface area contributed by atoms with Crippen molar-refractivity contribution in [3.8, 4) is 17.1 Å². The lowest BCUT2D eigenvalue weighted by molar-refractivity contribution is -0.138. The molecule has 2 rings (SSSR count). The Bertz CT molecular complexity index is 593. The summed E-state index contributed by atoms with van der Waals surface area (Å²) in [5.74, 6) is -0.749. The molecule has 0 unspecified atom stereocenters. The van der Waals surface area contributed by atoms with Crippen molar-refractivity contribution in [1.29, 1.82) is 0 Å². The van der Waals surface area contributed by atoms with Crippen LogP contribution in [-0.4, -0.2) is 15.2 Å². The third-order valence-corrected chi connectivity index (χ3v) is 2.39. The molecule has 0 aliphatic heterocycles. The van der Waals surface area contributed by atoms with E-state index in [0.717, 1.165) is 12.1 Å². The van der Waals surface area contributed by atoms with E-state index in [0.29, 0.717) is 0 Å². The summed E-state index contributed by atoms with van der Waals surface area (Å²) in [6.07, 6.45) is -4.66. The molecular weight excluding hydrogens is 263 g/mol. The van der Waals surface area contributed by atoms with Gasteiger partial charge in [-0.1, -0.05) is 5.16 Å². The van der Waals surface area contributed by atoms with Crippen LogP contribution in [0.3, 0.4) is 0 Å². The molecule has 0 saturated carbocycles. The number of hydrogen-bond donors (Lipinski definition) is 2. The van der Waals surface area contributed by atoms with E-state index in [2.05, 4.69) is 10.1 Å². The van der Waals surface area contributed by atoms with Gasteiger partial charge in [0.2, 0.25) is 11.7 Å². The molecule has 0 amide bonds. The SMILES string of the molecule is C[C@H](N)c1nc(-c2ccc(O)c(C(F)(F)F)c2)no1. The van der Waals surface area contributed by atoms with Gasteiger partial charge in [0.1, 0.15) is 5.75 Å². The molecule has 1 aromatic heterocycles. The minimum atomic E-state index is -4.66. The first-order valence-electron chi connectivity index (χ1n) is 5.29. The number of aromatic hydroxyl groups is 1. The molecule has 0 spiro atoms. The van der Waals surface area contributed by atoms with Crippen LogP contribution >= 0.6 is 0 Å². The first-order valence-corrected chi connectivity index (χ1v) is 5.29. The fraction of sp³-hybridized carbons (Fsp3) is 0.273. The Morgan fingerprint density at radius 1 is 1.37 bits per heavy atom. The molecule has 0 bridgehead atoms. The Labute approximate surface area is 105 Å². The highest BCUT2D eigenvalue weighted by atomic mass is 19.4. The summed E-state index contributed by atoms with van der Waals surface area (Å²) >= 11 is 0. The van der Waals surface area contributed by atoms with Gasteiger partial charge in [-0.15, -0.1) is 0 Å². The largest absolute Gasteiger partial charge is 0.507 e. The van der Waals surface area contributed by atoms with Gasteiger partial charge in [-0.05, 0) is 25.1 Å². The van der Waals surface area contributed by atoms with Crippen molar-refractivity contribution < 1.29 is 22.8 Å². The zero-order chi connectivity index (χ0) is 14.2. The first-order chi connectivity index (χ1) is 8.79. The van der Waals surface area contributed by atoms with Crippen LogP contribution in [0, 0.1) is 0 Å². The summed E-state index contributed by atoms with van der Waals surface area (Å²) in [6.45, 7) is 1.61. The molecular formula is C11H10F3N3O2. The van der Waals surface area contributed by atoms with E-state index in [4.69, 9.17) is 10.3 Å². The molecule has 3 N–H and O–H groups in total. The lowest BCUT2D eigenvalue weighted by Gasteiger charge is -2.09. The Morgan fingerprint density at radius 2 is 2.05 bits per heavy atom. The number of hydrogen-bond acceptors (Lipinski definition) is 5. The summed E-state index contributed by atoms with van der Waals surface area (Å²) in [6, 6.07) is 2.44. The first kappa shape index (κ1) is 13.3. The maximum Gasteiger partial charge on any atom is 0.419 e. The lowest BCUT2D eigenvalue weighted by atomic mass is 10.1. The number of phenols is 1. The Hall–Kier alpha value is -2.09. The monoisotopic (exact) mass is 273 g/mol. The summed E-state index contributed by atoms with van der Waals surface area (Å²) in [5.41, 5.74) is 4.44. The smallest absolute Gasteiger partial charge is 0.419 e. The van der Waals surface area contributed by atoms with E-state index < -0.39 is 23.5 Å². The number of alkyl halides is 3. The van der Waals surface area contributed by atoms with Crippen molar-refractivity contribution in [3.05, 3.63) is 29.7 Å². The molecule has 0 aliphatic carbocycles. The number of halogens is 3. The minimum absolute atomic E-state index is 0.0159. The third-order valence-electron chi connectivity index (χ3n) is 2.39. The molecule has 0 saturated heterocycles. The van der Waals surface area contributed by atoms with Gasteiger partial charge in [-0.3, -0.25) is 0 Å². The average Bonchev–Trinajstić information content (AvgIpc) is 2.77. The molecule has 5 nitrogen and oxygen atoms in total. The Balaban J connectivity index is 2.45. The Kier molecular flexibility index (Phi) is 3.19. The van der Waals surface area contributed by atoms with E-state index in [9.17, 15) is 18.3 Å². The summed E-state index contributed by atoms with van der Waals surface area (Å²) in [7, 11) is 0. The van der Waals surface area contributed by atoms with Crippen LogP contribution in [0.2, 0.25) is 0 Å². The van der Waals surface area contributed by atoms with Crippen molar-refractivity contribution in [2.24, 2.45) is 5.73 Å². The topological polar surface area (TPSA) is 85.2 Å². The van der Waals surface area contributed by atoms with Crippen molar-refractivity contribution >= 4 is 0 Å². The predicted molar refractivity (Wildman–Crippen MR) is 59.0 cm³/mol. The van der Waals surface area contributed by atoms with Crippen LogP contribution < -0.4 is 5.73 Å². The number of nitrogens with two attached hydrogens (primary N) is 1. The Morgan fingerprint density at radius 3 is 2.58 bits per heavy atom. The second kappa shape index (κ2) is 4.54. The van der Waals surface area contributed by atoms with Gasteiger partial charge in [0.25, 0.3) is 0 Å². The second-order valence-electron chi connectivity index (χ2n) is 3.97. The van der Waals surface area contributed by atoms with Gasteiger partial charge in [0, 0.05) is 5.56 Å². The predicted octanol–water partition coefficient (Wildman–Crippen LogP) is 2.48. The fourth-order valence-corrected chi connectivity index (χ4v) is 1.44. The average molecular weight is 273 g/mol. The van der Waals surface area contributed by atoms with Crippen molar-refractivity contribution in [2.45, 2.75) is 19.1 Å². The van der Waals surface area contributed by atoms with Gasteiger partial charge in [-0.25, -0.2) is 0 Å². The van der Waals surface area contributed by atoms with E-state index in [1.807, 2.05) is 0 Å². The van der Waals surface area contributed by atoms with Crippen LogP contribution in [0.15, 0.2) is 22.7 Å². The van der Waals surface area contributed by atoms with Crippen molar-refractivity contribution in [3.63, 3.8) is 0 Å². The molecule has 2 aromatic rings. The van der Waals surface area contributed by atoms with Crippen LogP contribution in [0.5, 0.6) is 5.75 Å². The molecule has 102 valence electrons. The molecule has 0 fully saturated rings. The second-order valence-corrected chi connectivity index (χ2v) is 3.97. The molecule has 0 aliphatic rings. The molecule has 0 radical (unpaired) electrons. The fourth-order valence-electron chi connectivity index (χ4n) is 1.44. The van der Waals surface area contributed by atoms with Gasteiger partial charge in [0.15, 0.2) is 0 Å². The van der Waals surface area contributed by atoms with Crippen molar-refractivity contribution in [1.82, 2.24) is 10.1 Å². The van der Waals surface area contributed by atoms with Gasteiger partial charge < -0.3 is 15.4 Å². The zero-order valence-electron chi connectivity index (χ0n) is 9.77. The van der Waals surface area contributed by atoms with E-state index in [1.54, 1.807) is 6.92 Å². The van der Waals surface area contributed by atoms with Crippen LogP contribution in [-0.2, 0) is 6.18 Å². The lowest BCUT2D eigenvalue weighted by Crippen LogP contribution is -2.06. The summed E-state index contributed by atoms with van der Waals surface area (Å²) in [4.78, 5) is 3.88.